The van der Waals surface area contributed by atoms with Crippen molar-refractivity contribution in [3.05, 3.63) is 64.2 Å². The van der Waals surface area contributed by atoms with Gasteiger partial charge in [0.1, 0.15) is 0 Å². The molecule has 1 heterocycles. The first-order valence-electron chi connectivity index (χ1n) is 8.34. The number of aryl methyl sites for hydroxylation is 2. The summed E-state index contributed by atoms with van der Waals surface area (Å²) in [6, 6.07) is 13.4. The van der Waals surface area contributed by atoms with Gasteiger partial charge in [0.15, 0.2) is 0 Å². The molecule has 4 nitrogen and oxygen atoms in total. The second-order valence-corrected chi connectivity index (χ2v) is 6.92. The molecule has 2 aromatic carbocycles. The number of hydrogen-bond acceptors (Lipinski definition) is 2. The Labute approximate surface area is 152 Å². The van der Waals surface area contributed by atoms with Crippen molar-refractivity contribution in [1.82, 2.24) is 5.32 Å². The number of halogens is 1. The van der Waals surface area contributed by atoms with Crippen LogP contribution in [0.4, 0.5) is 5.69 Å². The molecular weight excluding hydrogens is 336 g/mol. The van der Waals surface area contributed by atoms with Gasteiger partial charge in [-0.15, -0.1) is 0 Å². The molecule has 5 heteroatoms. The van der Waals surface area contributed by atoms with Crippen LogP contribution in [0.25, 0.3) is 0 Å². The standard InChI is InChI=1S/C20H21ClN2O2/c1-13-5-3-4-6-15(13)11-22-20(25)16-10-19(24)23(12-16)18-8-7-17(21)9-14(18)2/h3-9,16H,10-12H2,1-2H3,(H,22,25). The molecule has 2 amide bonds. The molecular formula is C20H21ClN2O2. The summed E-state index contributed by atoms with van der Waals surface area (Å²) in [5, 5.41) is 3.60. The van der Waals surface area contributed by atoms with E-state index in [2.05, 4.69) is 5.32 Å². The van der Waals surface area contributed by atoms with Gasteiger partial charge >= 0.3 is 0 Å². The summed E-state index contributed by atoms with van der Waals surface area (Å²) >= 11 is 5.98. The van der Waals surface area contributed by atoms with Crippen molar-refractivity contribution in [3.63, 3.8) is 0 Å². The fourth-order valence-corrected chi connectivity index (χ4v) is 3.40. The highest BCUT2D eigenvalue weighted by Gasteiger charge is 2.35. The maximum atomic E-state index is 12.5. The van der Waals surface area contributed by atoms with Crippen LogP contribution >= 0.6 is 11.6 Å². The summed E-state index contributed by atoms with van der Waals surface area (Å²) in [5.74, 6) is -0.432. The summed E-state index contributed by atoms with van der Waals surface area (Å²) in [6.07, 6.45) is 0.238. The lowest BCUT2D eigenvalue weighted by molar-refractivity contribution is -0.126. The summed E-state index contributed by atoms with van der Waals surface area (Å²) in [6.45, 7) is 4.82. The zero-order chi connectivity index (χ0) is 18.0. The van der Waals surface area contributed by atoms with Crippen LogP contribution in [0.1, 0.15) is 23.1 Å². The zero-order valence-electron chi connectivity index (χ0n) is 14.4. The predicted octanol–water partition coefficient (Wildman–Crippen LogP) is 3.63. The third kappa shape index (κ3) is 3.85. The molecule has 130 valence electrons. The Morgan fingerprint density at radius 2 is 1.96 bits per heavy atom. The van der Waals surface area contributed by atoms with Crippen molar-refractivity contribution in [2.24, 2.45) is 5.92 Å². The first-order valence-corrected chi connectivity index (χ1v) is 8.72. The topological polar surface area (TPSA) is 49.4 Å². The van der Waals surface area contributed by atoms with Crippen LogP contribution in [-0.4, -0.2) is 18.4 Å². The number of carbonyl (C=O) groups excluding carboxylic acids is 2. The molecule has 2 aromatic rings. The number of amides is 2. The molecule has 0 bridgehead atoms. The number of rotatable bonds is 4. The fraction of sp³-hybridized carbons (Fsp3) is 0.300. The molecule has 1 N–H and O–H groups in total. The normalized spacial score (nSPS) is 17.0. The maximum Gasteiger partial charge on any atom is 0.227 e. The molecule has 25 heavy (non-hydrogen) atoms. The maximum absolute atomic E-state index is 12.5. The highest BCUT2D eigenvalue weighted by Crippen LogP contribution is 2.29. The van der Waals surface area contributed by atoms with Gasteiger partial charge in [0.05, 0.1) is 5.92 Å². The molecule has 0 saturated carbocycles. The first-order chi connectivity index (χ1) is 12.0. The molecule has 1 aliphatic heterocycles. The van der Waals surface area contributed by atoms with E-state index in [0.717, 1.165) is 22.4 Å². The van der Waals surface area contributed by atoms with Crippen LogP contribution in [0.3, 0.4) is 0 Å². The van der Waals surface area contributed by atoms with Crippen LogP contribution in [0.5, 0.6) is 0 Å². The van der Waals surface area contributed by atoms with E-state index in [4.69, 9.17) is 11.6 Å². The van der Waals surface area contributed by atoms with Crippen LogP contribution in [0.2, 0.25) is 5.02 Å². The third-order valence-electron chi connectivity index (χ3n) is 4.66. The second kappa shape index (κ2) is 7.28. The van der Waals surface area contributed by atoms with Crippen molar-refractivity contribution >= 4 is 29.1 Å². The van der Waals surface area contributed by atoms with Gasteiger partial charge in [-0.3, -0.25) is 9.59 Å². The van der Waals surface area contributed by atoms with E-state index in [9.17, 15) is 9.59 Å². The Morgan fingerprint density at radius 1 is 1.20 bits per heavy atom. The number of anilines is 1. The van der Waals surface area contributed by atoms with Gasteiger partial charge in [0.2, 0.25) is 11.8 Å². The number of benzene rings is 2. The lowest BCUT2D eigenvalue weighted by Gasteiger charge is -2.19. The quantitative estimate of drug-likeness (QED) is 0.909. The first kappa shape index (κ1) is 17.5. The number of hydrogen-bond donors (Lipinski definition) is 1. The minimum Gasteiger partial charge on any atom is -0.352 e. The van der Waals surface area contributed by atoms with Crippen molar-refractivity contribution in [2.45, 2.75) is 26.8 Å². The van der Waals surface area contributed by atoms with Gasteiger partial charge in [-0.2, -0.15) is 0 Å². The van der Waals surface area contributed by atoms with Gasteiger partial charge in [-0.05, 0) is 48.7 Å². The Hall–Kier alpha value is -2.33. The summed E-state index contributed by atoms with van der Waals surface area (Å²) in [4.78, 5) is 26.5. The van der Waals surface area contributed by atoms with E-state index in [1.807, 2.05) is 50.2 Å². The third-order valence-corrected chi connectivity index (χ3v) is 4.89. The van der Waals surface area contributed by atoms with Gasteiger partial charge in [0.25, 0.3) is 0 Å². The summed E-state index contributed by atoms with van der Waals surface area (Å²) < 4.78 is 0. The SMILES string of the molecule is Cc1ccccc1CNC(=O)C1CC(=O)N(c2ccc(Cl)cc2C)C1. The van der Waals surface area contributed by atoms with E-state index in [1.54, 1.807) is 11.0 Å². The predicted molar refractivity (Wildman–Crippen MR) is 99.7 cm³/mol. The monoisotopic (exact) mass is 356 g/mol. The van der Waals surface area contributed by atoms with Gasteiger partial charge in [-0.1, -0.05) is 35.9 Å². The lowest BCUT2D eigenvalue weighted by Crippen LogP contribution is -2.32. The van der Waals surface area contributed by atoms with E-state index >= 15 is 0 Å². The lowest BCUT2D eigenvalue weighted by atomic mass is 10.1. The molecule has 1 aliphatic rings. The Balaban J connectivity index is 1.65. The largest absolute Gasteiger partial charge is 0.352 e. The Morgan fingerprint density at radius 3 is 2.68 bits per heavy atom. The number of nitrogens with one attached hydrogen (secondary N) is 1. The second-order valence-electron chi connectivity index (χ2n) is 6.48. The summed E-state index contributed by atoms with van der Waals surface area (Å²) in [5.41, 5.74) is 3.99. The molecule has 0 aliphatic carbocycles. The van der Waals surface area contributed by atoms with Crippen molar-refractivity contribution in [3.8, 4) is 0 Å². The minimum absolute atomic E-state index is 0.0264. The number of nitrogens with zero attached hydrogens (tertiary/aromatic N) is 1. The molecule has 0 radical (unpaired) electrons. The Kier molecular flexibility index (Phi) is 5.09. The van der Waals surface area contributed by atoms with Crippen molar-refractivity contribution in [2.75, 3.05) is 11.4 Å². The van der Waals surface area contributed by atoms with Crippen LogP contribution in [0, 0.1) is 19.8 Å². The van der Waals surface area contributed by atoms with E-state index < -0.39 is 0 Å². The van der Waals surface area contributed by atoms with E-state index in [-0.39, 0.29) is 24.2 Å². The Bertz CT molecular complexity index is 819. The summed E-state index contributed by atoms with van der Waals surface area (Å²) in [7, 11) is 0. The van der Waals surface area contributed by atoms with E-state index in [1.165, 1.54) is 0 Å². The van der Waals surface area contributed by atoms with Crippen LogP contribution in [0.15, 0.2) is 42.5 Å². The van der Waals surface area contributed by atoms with Crippen molar-refractivity contribution in [1.29, 1.82) is 0 Å². The minimum atomic E-state index is -0.327. The number of carbonyl (C=O) groups is 2. The van der Waals surface area contributed by atoms with Crippen molar-refractivity contribution < 1.29 is 9.59 Å². The molecule has 1 saturated heterocycles. The average Bonchev–Trinajstić information content (AvgIpc) is 2.96. The molecule has 0 aromatic heterocycles. The highest BCUT2D eigenvalue weighted by molar-refractivity contribution is 6.30. The van der Waals surface area contributed by atoms with E-state index in [0.29, 0.717) is 18.1 Å². The highest BCUT2D eigenvalue weighted by atomic mass is 35.5. The van der Waals surface area contributed by atoms with Gasteiger partial charge < -0.3 is 10.2 Å². The van der Waals surface area contributed by atoms with Crippen LogP contribution < -0.4 is 10.2 Å². The van der Waals surface area contributed by atoms with Gasteiger partial charge in [0, 0.05) is 30.2 Å². The van der Waals surface area contributed by atoms with Crippen LogP contribution in [-0.2, 0) is 16.1 Å². The molecule has 1 unspecified atom stereocenters. The van der Waals surface area contributed by atoms with Gasteiger partial charge in [-0.25, -0.2) is 0 Å². The smallest absolute Gasteiger partial charge is 0.227 e. The molecule has 1 atom stereocenters. The zero-order valence-corrected chi connectivity index (χ0v) is 15.1. The molecule has 1 fully saturated rings. The molecule has 3 rings (SSSR count). The fourth-order valence-electron chi connectivity index (χ4n) is 3.17. The molecule has 0 spiro atoms. The average molecular weight is 357 g/mol.